The first-order chi connectivity index (χ1) is 9.67. The van der Waals surface area contributed by atoms with Crippen molar-refractivity contribution in [2.24, 2.45) is 11.8 Å². The second kappa shape index (κ2) is 5.55. The standard InChI is InChI=1S/C17H23FN2/c1-2-12-3-5-13(6-4-12)10-20-11-14-7-8-15(18)9-16(14)17(20)19/h7-9,12-13,19H,2-6,10-11H2,1H3. The summed E-state index contributed by atoms with van der Waals surface area (Å²) >= 11 is 0. The lowest BCUT2D eigenvalue weighted by Crippen LogP contribution is -2.31. The predicted octanol–water partition coefficient (Wildman–Crippen LogP) is 4.18. The highest BCUT2D eigenvalue weighted by atomic mass is 19.1. The lowest BCUT2D eigenvalue weighted by molar-refractivity contribution is 0.226. The topological polar surface area (TPSA) is 27.1 Å². The predicted molar refractivity (Wildman–Crippen MR) is 79.4 cm³/mol. The number of nitrogens with zero attached hydrogens (tertiary/aromatic N) is 1. The average Bonchev–Trinajstić information content (AvgIpc) is 2.76. The molecule has 3 heteroatoms. The Morgan fingerprint density at radius 1 is 1.20 bits per heavy atom. The molecule has 0 bridgehead atoms. The van der Waals surface area contributed by atoms with Gasteiger partial charge >= 0.3 is 0 Å². The Kier molecular flexibility index (Phi) is 3.77. The van der Waals surface area contributed by atoms with E-state index < -0.39 is 0 Å². The summed E-state index contributed by atoms with van der Waals surface area (Å²) < 4.78 is 13.3. The van der Waals surface area contributed by atoms with Crippen molar-refractivity contribution in [3.8, 4) is 0 Å². The first kappa shape index (κ1) is 13.6. The fourth-order valence-corrected chi connectivity index (χ4v) is 3.65. The molecule has 1 aliphatic carbocycles. The molecule has 20 heavy (non-hydrogen) atoms. The van der Waals surface area contributed by atoms with E-state index in [1.54, 1.807) is 0 Å². The average molecular weight is 274 g/mol. The molecule has 108 valence electrons. The zero-order valence-corrected chi connectivity index (χ0v) is 12.2. The molecule has 1 saturated carbocycles. The van der Waals surface area contributed by atoms with E-state index in [4.69, 9.17) is 5.41 Å². The molecule has 2 aliphatic rings. The Morgan fingerprint density at radius 2 is 1.90 bits per heavy atom. The maximum atomic E-state index is 13.3. The molecule has 1 aromatic carbocycles. The highest BCUT2D eigenvalue weighted by Gasteiger charge is 2.28. The van der Waals surface area contributed by atoms with E-state index >= 15 is 0 Å². The third-order valence-corrected chi connectivity index (χ3v) is 5.03. The van der Waals surface area contributed by atoms with Crippen molar-refractivity contribution in [3.63, 3.8) is 0 Å². The van der Waals surface area contributed by atoms with Crippen LogP contribution < -0.4 is 0 Å². The van der Waals surface area contributed by atoms with Gasteiger partial charge in [0.2, 0.25) is 0 Å². The van der Waals surface area contributed by atoms with Crippen LogP contribution in [0.3, 0.4) is 0 Å². The minimum atomic E-state index is -0.237. The van der Waals surface area contributed by atoms with E-state index in [1.807, 2.05) is 6.07 Å². The van der Waals surface area contributed by atoms with E-state index in [-0.39, 0.29) is 5.82 Å². The molecular formula is C17H23FN2. The first-order valence-corrected chi connectivity index (χ1v) is 7.79. The van der Waals surface area contributed by atoms with Gasteiger partial charge in [-0.15, -0.1) is 0 Å². The molecule has 1 N–H and O–H groups in total. The maximum Gasteiger partial charge on any atom is 0.128 e. The second-order valence-electron chi connectivity index (χ2n) is 6.33. The summed E-state index contributed by atoms with van der Waals surface area (Å²) in [4.78, 5) is 2.13. The molecule has 0 radical (unpaired) electrons. The molecule has 0 aromatic heterocycles. The quantitative estimate of drug-likeness (QED) is 0.879. The Hall–Kier alpha value is -1.38. The molecule has 0 unspecified atom stereocenters. The van der Waals surface area contributed by atoms with Crippen LogP contribution in [0.2, 0.25) is 0 Å². The van der Waals surface area contributed by atoms with Crippen molar-refractivity contribution in [1.29, 1.82) is 5.41 Å². The van der Waals surface area contributed by atoms with Crippen LogP contribution >= 0.6 is 0 Å². The van der Waals surface area contributed by atoms with Gasteiger partial charge in [0.25, 0.3) is 0 Å². The smallest absolute Gasteiger partial charge is 0.128 e. The molecule has 2 nitrogen and oxygen atoms in total. The van der Waals surface area contributed by atoms with Crippen molar-refractivity contribution in [2.75, 3.05) is 6.54 Å². The number of rotatable bonds is 3. The van der Waals surface area contributed by atoms with Crippen molar-refractivity contribution < 1.29 is 4.39 Å². The minimum absolute atomic E-state index is 0.237. The number of halogens is 1. The van der Waals surface area contributed by atoms with Crippen LogP contribution in [0.5, 0.6) is 0 Å². The second-order valence-corrected chi connectivity index (χ2v) is 6.33. The van der Waals surface area contributed by atoms with Crippen LogP contribution in [0.4, 0.5) is 4.39 Å². The van der Waals surface area contributed by atoms with Gasteiger partial charge in [0, 0.05) is 18.7 Å². The molecule has 1 fully saturated rings. The van der Waals surface area contributed by atoms with Gasteiger partial charge in [-0.05, 0) is 42.4 Å². The lowest BCUT2D eigenvalue weighted by Gasteiger charge is -2.31. The molecule has 1 aromatic rings. The van der Waals surface area contributed by atoms with E-state index in [2.05, 4.69) is 11.8 Å². The molecule has 1 aliphatic heterocycles. The summed E-state index contributed by atoms with van der Waals surface area (Å²) in [6.45, 7) is 4.03. The maximum absolute atomic E-state index is 13.3. The zero-order valence-electron chi connectivity index (χ0n) is 12.2. The van der Waals surface area contributed by atoms with Gasteiger partial charge in [-0.2, -0.15) is 0 Å². The number of hydrogen-bond donors (Lipinski definition) is 1. The van der Waals surface area contributed by atoms with Crippen LogP contribution in [-0.4, -0.2) is 17.3 Å². The Labute approximate surface area is 120 Å². The summed E-state index contributed by atoms with van der Waals surface area (Å²) in [7, 11) is 0. The summed E-state index contributed by atoms with van der Waals surface area (Å²) in [6, 6.07) is 4.83. The fourth-order valence-electron chi connectivity index (χ4n) is 3.65. The summed E-state index contributed by atoms with van der Waals surface area (Å²) in [6.07, 6.45) is 6.55. The molecule has 0 spiro atoms. The molecule has 0 atom stereocenters. The van der Waals surface area contributed by atoms with Gasteiger partial charge in [0.05, 0.1) is 0 Å². The fraction of sp³-hybridized carbons (Fsp3) is 0.588. The van der Waals surface area contributed by atoms with Crippen LogP contribution in [-0.2, 0) is 6.54 Å². The van der Waals surface area contributed by atoms with Gasteiger partial charge in [-0.25, -0.2) is 4.39 Å². The minimum Gasteiger partial charge on any atom is -0.352 e. The Morgan fingerprint density at radius 3 is 2.60 bits per heavy atom. The van der Waals surface area contributed by atoms with Gasteiger partial charge < -0.3 is 4.90 Å². The van der Waals surface area contributed by atoms with Crippen LogP contribution in [0.15, 0.2) is 18.2 Å². The zero-order chi connectivity index (χ0) is 14.1. The number of fused-ring (bicyclic) bond motifs is 1. The number of benzene rings is 1. The largest absolute Gasteiger partial charge is 0.352 e. The van der Waals surface area contributed by atoms with Gasteiger partial charge in [-0.1, -0.05) is 32.3 Å². The van der Waals surface area contributed by atoms with Gasteiger partial charge in [0.1, 0.15) is 11.7 Å². The van der Waals surface area contributed by atoms with Gasteiger partial charge in [-0.3, -0.25) is 5.41 Å². The summed E-state index contributed by atoms with van der Waals surface area (Å²) in [5.74, 6) is 1.89. The van der Waals surface area contributed by atoms with E-state index in [9.17, 15) is 4.39 Å². The molecule has 0 amide bonds. The third-order valence-electron chi connectivity index (χ3n) is 5.03. The Bertz CT molecular complexity index is 504. The molecule has 0 saturated heterocycles. The van der Waals surface area contributed by atoms with Crippen LogP contribution in [0.1, 0.15) is 50.2 Å². The van der Waals surface area contributed by atoms with Crippen molar-refractivity contribution >= 4 is 5.84 Å². The van der Waals surface area contributed by atoms with Crippen molar-refractivity contribution in [2.45, 2.75) is 45.6 Å². The molecule has 3 rings (SSSR count). The third kappa shape index (κ3) is 2.58. The van der Waals surface area contributed by atoms with Gasteiger partial charge in [0.15, 0.2) is 0 Å². The normalized spacial score (nSPS) is 25.9. The van der Waals surface area contributed by atoms with E-state index in [1.165, 1.54) is 44.2 Å². The number of amidine groups is 1. The molecular weight excluding hydrogens is 251 g/mol. The van der Waals surface area contributed by atoms with Crippen molar-refractivity contribution in [3.05, 3.63) is 35.1 Å². The lowest BCUT2D eigenvalue weighted by atomic mass is 9.80. The number of nitrogens with one attached hydrogen (secondary N) is 1. The van der Waals surface area contributed by atoms with Crippen LogP contribution in [0, 0.1) is 23.1 Å². The van der Waals surface area contributed by atoms with E-state index in [0.29, 0.717) is 11.8 Å². The number of hydrogen-bond acceptors (Lipinski definition) is 1. The highest BCUT2D eigenvalue weighted by Crippen LogP contribution is 2.33. The van der Waals surface area contributed by atoms with Crippen molar-refractivity contribution in [1.82, 2.24) is 4.90 Å². The SMILES string of the molecule is CCC1CCC(CN2Cc3ccc(F)cc3C2=N)CC1. The summed E-state index contributed by atoms with van der Waals surface area (Å²) in [5, 5.41) is 8.24. The molecule has 1 heterocycles. The first-order valence-electron chi connectivity index (χ1n) is 7.79. The summed E-state index contributed by atoms with van der Waals surface area (Å²) in [5.41, 5.74) is 1.88. The van der Waals surface area contributed by atoms with E-state index in [0.717, 1.165) is 30.1 Å². The highest BCUT2D eigenvalue weighted by molar-refractivity contribution is 6.00. The van der Waals surface area contributed by atoms with Crippen LogP contribution in [0.25, 0.3) is 0 Å². The Balaban J connectivity index is 1.62. The monoisotopic (exact) mass is 274 g/mol.